The highest BCUT2D eigenvalue weighted by Gasteiger charge is 2.27. The van der Waals surface area contributed by atoms with Gasteiger partial charge in [0.2, 0.25) is 5.91 Å². The average Bonchev–Trinajstić information content (AvgIpc) is 3.15. The molecule has 1 aliphatic heterocycles. The number of carbonyl (C=O) groups excluding carboxylic acids is 2. The Labute approximate surface area is 164 Å². The predicted octanol–water partition coefficient (Wildman–Crippen LogP) is 3.92. The van der Waals surface area contributed by atoms with Crippen LogP contribution in [0.2, 0.25) is 0 Å². The van der Waals surface area contributed by atoms with Crippen LogP contribution < -0.4 is 5.32 Å². The van der Waals surface area contributed by atoms with E-state index < -0.39 is 0 Å². The highest BCUT2D eigenvalue weighted by Crippen LogP contribution is 2.30. The Morgan fingerprint density at radius 1 is 1.30 bits per heavy atom. The van der Waals surface area contributed by atoms with Gasteiger partial charge in [-0.1, -0.05) is 26.0 Å². The summed E-state index contributed by atoms with van der Waals surface area (Å²) in [6.45, 7) is 7.78. The van der Waals surface area contributed by atoms with Gasteiger partial charge in [-0.15, -0.1) is 11.3 Å². The molecular formula is C21H27N3O2S. The second-order valence-corrected chi connectivity index (χ2v) is 8.34. The van der Waals surface area contributed by atoms with Crippen LogP contribution in [0.25, 0.3) is 0 Å². The van der Waals surface area contributed by atoms with E-state index in [1.165, 1.54) is 12.5 Å². The van der Waals surface area contributed by atoms with Crippen molar-refractivity contribution < 1.29 is 9.59 Å². The molecule has 2 heterocycles. The zero-order valence-corrected chi connectivity index (χ0v) is 17.0. The van der Waals surface area contributed by atoms with E-state index in [1.807, 2.05) is 22.4 Å². The van der Waals surface area contributed by atoms with Crippen LogP contribution in [-0.4, -0.2) is 34.8 Å². The molecule has 1 saturated heterocycles. The van der Waals surface area contributed by atoms with Gasteiger partial charge in [-0.05, 0) is 36.5 Å². The monoisotopic (exact) mass is 385 g/mol. The predicted molar refractivity (Wildman–Crippen MR) is 108 cm³/mol. The molecule has 0 bridgehead atoms. The average molecular weight is 386 g/mol. The first-order chi connectivity index (χ1) is 12.9. The minimum Gasteiger partial charge on any atom is -0.351 e. The summed E-state index contributed by atoms with van der Waals surface area (Å²) in [6.07, 6.45) is 2.03. The van der Waals surface area contributed by atoms with E-state index in [-0.39, 0.29) is 17.7 Å². The zero-order chi connectivity index (χ0) is 19.4. The Bertz CT molecular complexity index is 798. The van der Waals surface area contributed by atoms with Crippen molar-refractivity contribution in [1.29, 1.82) is 0 Å². The Morgan fingerprint density at radius 3 is 2.70 bits per heavy atom. The molecule has 6 heteroatoms. The lowest BCUT2D eigenvalue weighted by molar-refractivity contribution is -0.119. The van der Waals surface area contributed by atoms with Crippen LogP contribution in [0.15, 0.2) is 29.6 Å². The van der Waals surface area contributed by atoms with Crippen LogP contribution in [-0.2, 0) is 11.3 Å². The number of nitrogens with zero attached hydrogens (tertiary/aromatic N) is 2. The molecule has 27 heavy (non-hydrogen) atoms. The molecular weight excluding hydrogens is 358 g/mol. The van der Waals surface area contributed by atoms with Crippen molar-refractivity contribution in [3.05, 3.63) is 51.5 Å². The van der Waals surface area contributed by atoms with Gasteiger partial charge in [0.15, 0.2) is 0 Å². The number of thiazole rings is 1. The summed E-state index contributed by atoms with van der Waals surface area (Å²) in [5.74, 6) is 0.784. The molecule has 1 aromatic carbocycles. The maximum absolute atomic E-state index is 12.9. The van der Waals surface area contributed by atoms with Gasteiger partial charge in [0.25, 0.3) is 5.91 Å². The van der Waals surface area contributed by atoms with Crippen molar-refractivity contribution in [2.45, 2.75) is 52.0 Å². The summed E-state index contributed by atoms with van der Waals surface area (Å²) < 4.78 is 0. The van der Waals surface area contributed by atoms with Crippen molar-refractivity contribution in [2.75, 3.05) is 13.1 Å². The number of likely N-dealkylation sites (tertiary alicyclic amines) is 1. The number of rotatable bonds is 5. The zero-order valence-electron chi connectivity index (χ0n) is 16.2. The van der Waals surface area contributed by atoms with E-state index in [9.17, 15) is 9.59 Å². The lowest BCUT2D eigenvalue weighted by atomic mass is 9.97. The number of aromatic nitrogens is 1. The van der Waals surface area contributed by atoms with E-state index in [4.69, 9.17) is 0 Å². The summed E-state index contributed by atoms with van der Waals surface area (Å²) >= 11 is 1.62. The number of hydrogen-bond acceptors (Lipinski definition) is 4. The Kier molecular flexibility index (Phi) is 6.26. The number of hydrogen-bond donors (Lipinski definition) is 1. The number of carbonyl (C=O) groups is 2. The van der Waals surface area contributed by atoms with E-state index in [0.717, 1.165) is 35.7 Å². The van der Waals surface area contributed by atoms with Gasteiger partial charge in [0, 0.05) is 36.9 Å². The van der Waals surface area contributed by atoms with Crippen LogP contribution in [0.4, 0.5) is 0 Å². The summed E-state index contributed by atoms with van der Waals surface area (Å²) in [5.41, 5.74) is 2.89. The van der Waals surface area contributed by atoms with Crippen molar-refractivity contribution in [2.24, 2.45) is 0 Å². The molecule has 0 saturated carbocycles. The molecule has 2 amide bonds. The van der Waals surface area contributed by atoms with Crippen molar-refractivity contribution in [3.63, 3.8) is 0 Å². The number of nitrogens with one attached hydrogen (secondary N) is 1. The van der Waals surface area contributed by atoms with Crippen molar-refractivity contribution in [1.82, 2.24) is 15.2 Å². The Balaban J connectivity index is 1.65. The van der Waals surface area contributed by atoms with Gasteiger partial charge in [-0.2, -0.15) is 0 Å². The quantitative estimate of drug-likeness (QED) is 0.848. The maximum Gasteiger partial charge on any atom is 0.253 e. The van der Waals surface area contributed by atoms with E-state index in [2.05, 4.69) is 36.3 Å². The molecule has 3 rings (SSSR count). The van der Waals surface area contributed by atoms with Gasteiger partial charge in [-0.3, -0.25) is 9.59 Å². The van der Waals surface area contributed by atoms with E-state index in [0.29, 0.717) is 19.0 Å². The summed E-state index contributed by atoms with van der Waals surface area (Å²) in [4.78, 5) is 30.6. The van der Waals surface area contributed by atoms with Gasteiger partial charge in [0.1, 0.15) is 0 Å². The highest BCUT2D eigenvalue weighted by molar-refractivity contribution is 7.09. The first-order valence-corrected chi connectivity index (χ1v) is 10.4. The third kappa shape index (κ3) is 4.95. The Hall–Kier alpha value is -2.21. The minimum atomic E-state index is -0.0533. The molecule has 1 aliphatic rings. The van der Waals surface area contributed by atoms with E-state index in [1.54, 1.807) is 11.3 Å². The maximum atomic E-state index is 12.9. The normalized spacial score (nSPS) is 17.2. The molecule has 1 atom stereocenters. The third-order valence-electron chi connectivity index (χ3n) is 4.97. The Morgan fingerprint density at radius 2 is 2.04 bits per heavy atom. The smallest absolute Gasteiger partial charge is 0.253 e. The first-order valence-electron chi connectivity index (χ1n) is 9.52. The van der Waals surface area contributed by atoms with Crippen LogP contribution in [0.3, 0.4) is 0 Å². The van der Waals surface area contributed by atoms with Crippen LogP contribution in [0.5, 0.6) is 0 Å². The van der Waals surface area contributed by atoms with Crippen LogP contribution in [0.1, 0.15) is 72.1 Å². The fourth-order valence-electron chi connectivity index (χ4n) is 3.36. The molecule has 144 valence electrons. The fourth-order valence-corrected chi connectivity index (χ4v) is 4.31. The molecule has 0 spiro atoms. The summed E-state index contributed by atoms with van der Waals surface area (Å²) in [7, 11) is 0. The first kappa shape index (κ1) is 19.5. The topological polar surface area (TPSA) is 62.3 Å². The largest absolute Gasteiger partial charge is 0.351 e. The second kappa shape index (κ2) is 8.65. The molecule has 1 N–H and O–H groups in total. The van der Waals surface area contributed by atoms with Gasteiger partial charge >= 0.3 is 0 Å². The fraction of sp³-hybridized carbons (Fsp3) is 0.476. The second-order valence-electron chi connectivity index (χ2n) is 7.45. The van der Waals surface area contributed by atoms with Gasteiger partial charge in [-0.25, -0.2) is 4.98 Å². The molecule has 0 aliphatic carbocycles. The van der Waals surface area contributed by atoms with Crippen LogP contribution in [0, 0.1) is 0 Å². The molecule has 0 radical (unpaired) electrons. The molecule has 1 fully saturated rings. The number of benzene rings is 1. The molecule has 1 unspecified atom stereocenters. The molecule has 5 nitrogen and oxygen atoms in total. The standard InChI is InChI=1S/C21H27N3O2S/c1-14(2)16-6-8-17(9-7-16)21(26)24-10-4-5-18(12-24)20-23-19(13-27-20)11-22-15(3)25/h6-9,13-14,18H,4-5,10-12H2,1-3H3,(H,22,25). The van der Waals surface area contributed by atoms with Gasteiger partial charge in [0.05, 0.1) is 17.2 Å². The van der Waals surface area contributed by atoms with Crippen LogP contribution >= 0.6 is 11.3 Å². The van der Waals surface area contributed by atoms with Crippen molar-refractivity contribution in [3.8, 4) is 0 Å². The lowest BCUT2D eigenvalue weighted by Crippen LogP contribution is -2.39. The number of piperidine rings is 1. The van der Waals surface area contributed by atoms with Crippen molar-refractivity contribution >= 4 is 23.2 Å². The highest BCUT2D eigenvalue weighted by atomic mass is 32.1. The van der Waals surface area contributed by atoms with E-state index >= 15 is 0 Å². The number of amides is 2. The molecule has 2 aromatic rings. The SMILES string of the molecule is CC(=O)NCc1csc(C2CCCN(C(=O)c3ccc(C(C)C)cc3)C2)n1. The third-order valence-corrected chi connectivity index (χ3v) is 6.03. The molecule has 1 aromatic heterocycles. The minimum absolute atomic E-state index is 0.0533. The van der Waals surface area contributed by atoms with Gasteiger partial charge < -0.3 is 10.2 Å². The summed E-state index contributed by atoms with van der Waals surface area (Å²) in [6, 6.07) is 7.98. The lowest BCUT2D eigenvalue weighted by Gasteiger charge is -2.32. The summed E-state index contributed by atoms with van der Waals surface area (Å²) in [5, 5.41) is 5.83.